The highest BCUT2D eigenvalue weighted by atomic mass is 16.6. The van der Waals surface area contributed by atoms with Crippen LogP contribution in [-0.2, 0) is 0 Å². The van der Waals surface area contributed by atoms with Gasteiger partial charge in [0.05, 0.1) is 26.9 Å². The Hall–Kier alpha value is -5.12. The average molecular weight is 469 g/mol. The Morgan fingerprint density at radius 2 is 1.23 bits per heavy atom. The van der Waals surface area contributed by atoms with Crippen LogP contribution >= 0.6 is 0 Å². The van der Waals surface area contributed by atoms with Gasteiger partial charge in [-0.05, 0) is 51.6 Å². The molecule has 172 valence electrons. The molecule has 0 saturated carbocycles. The van der Waals surface area contributed by atoms with E-state index in [9.17, 15) is 30.3 Å². The van der Waals surface area contributed by atoms with Gasteiger partial charge in [0.2, 0.25) is 0 Å². The number of rotatable bonds is 5. The molecular weight excluding hydrogens is 454 g/mol. The second-order valence-electron chi connectivity index (χ2n) is 7.99. The topological polar surface area (TPSA) is 139 Å². The number of hydrogen-bond acceptors (Lipinski definition) is 7. The van der Waals surface area contributed by atoms with Crippen LogP contribution in [0.2, 0.25) is 0 Å². The van der Waals surface area contributed by atoms with Crippen LogP contribution in [0.5, 0.6) is 11.5 Å². The molecular formula is C25H15N3O7. The van der Waals surface area contributed by atoms with Gasteiger partial charge in [0, 0.05) is 5.39 Å². The lowest BCUT2D eigenvalue weighted by Crippen LogP contribution is -2.01. The summed E-state index contributed by atoms with van der Waals surface area (Å²) in [5.74, 6) is -0.508. The van der Waals surface area contributed by atoms with Gasteiger partial charge >= 0.3 is 11.4 Å². The molecule has 35 heavy (non-hydrogen) atoms. The second kappa shape index (κ2) is 8.03. The fourth-order valence-electron chi connectivity index (χ4n) is 4.30. The number of nitro benzene ring substituents is 3. The molecule has 0 atom stereocenters. The Bertz CT molecular complexity index is 1690. The third kappa shape index (κ3) is 3.62. The molecule has 0 aromatic heterocycles. The summed E-state index contributed by atoms with van der Waals surface area (Å²) < 4.78 is 5.82. The maximum atomic E-state index is 11.7. The Labute approximate surface area is 196 Å². The van der Waals surface area contributed by atoms with Crippen molar-refractivity contribution in [1.29, 1.82) is 0 Å². The van der Waals surface area contributed by atoms with Crippen LogP contribution < -0.4 is 4.74 Å². The van der Waals surface area contributed by atoms with Gasteiger partial charge in [0.15, 0.2) is 0 Å². The van der Waals surface area contributed by atoms with Gasteiger partial charge in [-0.25, -0.2) is 0 Å². The van der Waals surface area contributed by atoms with E-state index in [0.29, 0.717) is 17.5 Å². The lowest BCUT2D eigenvalue weighted by molar-refractivity contribution is -0.404. The molecule has 10 nitrogen and oxygen atoms in total. The van der Waals surface area contributed by atoms with Crippen molar-refractivity contribution in [3.05, 3.63) is 109 Å². The quantitative estimate of drug-likeness (QED) is 0.154. The number of ether oxygens (including phenoxy) is 1. The van der Waals surface area contributed by atoms with E-state index < -0.39 is 37.6 Å². The van der Waals surface area contributed by atoms with E-state index in [1.807, 2.05) is 55.5 Å². The maximum Gasteiger partial charge on any atom is 0.325 e. The van der Waals surface area contributed by atoms with Crippen molar-refractivity contribution in [3.8, 4) is 11.5 Å². The van der Waals surface area contributed by atoms with E-state index in [0.717, 1.165) is 32.5 Å². The van der Waals surface area contributed by atoms with Gasteiger partial charge < -0.3 is 4.74 Å². The first-order chi connectivity index (χ1) is 16.7. The van der Waals surface area contributed by atoms with Crippen molar-refractivity contribution >= 4 is 49.4 Å². The summed E-state index contributed by atoms with van der Waals surface area (Å²) in [4.78, 5) is 31.7. The Balaban J connectivity index is 1.78. The molecule has 5 aromatic carbocycles. The van der Waals surface area contributed by atoms with Crippen molar-refractivity contribution in [1.82, 2.24) is 0 Å². The van der Waals surface area contributed by atoms with E-state index in [4.69, 9.17) is 4.74 Å². The first-order valence-electron chi connectivity index (χ1n) is 10.4. The lowest BCUT2D eigenvalue weighted by atomic mass is 9.96. The van der Waals surface area contributed by atoms with Crippen molar-refractivity contribution in [2.45, 2.75) is 6.92 Å². The normalized spacial score (nSPS) is 11.1. The molecule has 0 aliphatic carbocycles. The fraction of sp³-hybridized carbons (Fsp3) is 0.0400. The Morgan fingerprint density at radius 1 is 0.629 bits per heavy atom. The van der Waals surface area contributed by atoms with Gasteiger partial charge in [0.25, 0.3) is 11.4 Å². The van der Waals surface area contributed by atoms with Gasteiger partial charge in [-0.3, -0.25) is 30.3 Å². The minimum atomic E-state index is -0.936. The molecule has 0 aliphatic rings. The molecule has 0 fully saturated rings. The minimum Gasteiger partial charge on any atom is -0.444 e. The highest BCUT2D eigenvalue weighted by Crippen LogP contribution is 2.45. The lowest BCUT2D eigenvalue weighted by Gasteiger charge is -2.13. The van der Waals surface area contributed by atoms with E-state index in [1.165, 1.54) is 0 Å². The predicted octanol–water partition coefficient (Wildman–Crippen LogP) is 6.97. The first kappa shape index (κ1) is 21.7. The summed E-state index contributed by atoms with van der Waals surface area (Å²) in [5, 5.41) is 39.9. The molecule has 0 saturated heterocycles. The van der Waals surface area contributed by atoms with E-state index in [1.54, 1.807) is 12.1 Å². The van der Waals surface area contributed by atoms with Gasteiger partial charge in [-0.2, -0.15) is 0 Å². The molecule has 0 amide bonds. The molecule has 0 aliphatic heterocycles. The largest absolute Gasteiger partial charge is 0.444 e. The van der Waals surface area contributed by atoms with E-state index >= 15 is 0 Å². The molecule has 0 spiro atoms. The van der Waals surface area contributed by atoms with Crippen molar-refractivity contribution in [2.24, 2.45) is 0 Å². The summed E-state index contributed by atoms with van der Waals surface area (Å²) in [6.45, 7) is 1.81. The van der Waals surface area contributed by atoms with Crippen LogP contribution in [0.4, 0.5) is 17.1 Å². The summed E-state index contributed by atoms with van der Waals surface area (Å²) >= 11 is 0. The summed E-state index contributed by atoms with van der Waals surface area (Å²) in [7, 11) is 0. The number of non-ortho nitro benzene ring substituents is 1. The van der Waals surface area contributed by atoms with Crippen molar-refractivity contribution in [3.63, 3.8) is 0 Å². The molecule has 5 rings (SSSR count). The maximum absolute atomic E-state index is 11.7. The first-order valence-corrected chi connectivity index (χ1v) is 10.4. The fourth-order valence-corrected chi connectivity index (χ4v) is 4.30. The molecule has 0 radical (unpaired) electrons. The standard InChI is InChI=1S/C25H15N3O7/c1-14-10-21-19-7-6-15-4-2-3-5-17(15)18(19)8-9-20(21)24(11-14)35-25-22(27(31)32)12-16(26(29)30)13-23(25)28(33)34/h2-13H,1H3. The van der Waals surface area contributed by atoms with E-state index in [2.05, 4.69) is 0 Å². The monoisotopic (exact) mass is 469 g/mol. The second-order valence-corrected chi connectivity index (χ2v) is 7.99. The van der Waals surface area contributed by atoms with Crippen LogP contribution in [0.3, 0.4) is 0 Å². The van der Waals surface area contributed by atoms with Crippen molar-refractivity contribution < 1.29 is 19.5 Å². The Morgan fingerprint density at radius 3 is 1.89 bits per heavy atom. The number of aryl methyl sites for hydroxylation is 1. The predicted molar refractivity (Wildman–Crippen MR) is 130 cm³/mol. The zero-order valence-corrected chi connectivity index (χ0v) is 18.1. The van der Waals surface area contributed by atoms with Crippen molar-refractivity contribution in [2.75, 3.05) is 0 Å². The van der Waals surface area contributed by atoms with Gasteiger partial charge in [-0.1, -0.05) is 48.5 Å². The summed E-state index contributed by atoms with van der Waals surface area (Å²) in [6.07, 6.45) is 0. The highest BCUT2D eigenvalue weighted by molar-refractivity contribution is 6.18. The third-order valence-corrected chi connectivity index (χ3v) is 5.81. The summed E-state index contributed by atoms with van der Waals surface area (Å²) in [5.41, 5.74) is -1.75. The molecule has 0 heterocycles. The number of benzene rings is 5. The van der Waals surface area contributed by atoms with Crippen LogP contribution in [0, 0.1) is 37.3 Å². The minimum absolute atomic E-state index is 0.162. The molecule has 0 unspecified atom stereocenters. The number of nitro groups is 3. The van der Waals surface area contributed by atoms with Crippen LogP contribution in [0.1, 0.15) is 5.56 Å². The highest BCUT2D eigenvalue weighted by Gasteiger charge is 2.33. The average Bonchev–Trinajstić information content (AvgIpc) is 2.83. The van der Waals surface area contributed by atoms with E-state index in [-0.39, 0.29) is 5.75 Å². The molecule has 0 bridgehead atoms. The van der Waals surface area contributed by atoms with Crippen LogP contribution in [0.25, 0.3) is 32.3 Å². The zero-order valence-electron chi connectivity index (χ0n) is 18.1. The van der Waals surface area contributed by atoms with Crippen LogP contribution in [-0.4, -0.2) is 14.8 Å². The number of fused-ring (bicyclic) bond motifs is 5. The molecule has 5 aromatic rings. The SMILES string of the molecule is Cc1cc(Oc2c([N+](=O)[O-])cc([N+](=O)[O-])cc2[N+](=O)[O-])c2ccc3c4ccccc4ccc3c2c1. The number of hydrogen-bond donors (Lipinski definition) is 0. The smallest absolute Gasteiger partial charge is 0.325 e. The third-order valence-electron chi connectivity index (χ3n) is 5.81. The molecule has 0 N–H and O–H groups in total. The summed E-state index contributed by atoms with van der Waals surface area (Å²) in [6, 6.07) is 20.5. The Kier molecular flexibility index (Phi) is 4.98. The zero-order chi connectivity index (χ0) is 24.9. The number of nitrogens with zero attached hydrogens (tertiary/aromatic N) is 3. The van der Waals surface area contributed by atoms with Crippen LogP contribution in [0.15, 0.2) is 72.8 Å². The van der Waals surface area contributed by atoms with Gasteiger partial charge in [0.1, 0.15) is 5.75 Å². The molecule has 10 heteroatoms. The van der Waals surface area contributed by atoms with Gasteiger partial charge in [-0.15, -0.1) is 0 Å².